The zero-order valence-electron chi connectivity index (χ0n) is 63.7. The quantitative estimate of drug-likeness (QED) is 0.0169. The number of hydrogen-bond donors (Lipinski definition) is 3. The lowest BCUT2D eigenvalue weighted by Gasteiger charge is -2.21. The van der Waals surface area contributed by atoms with Gasteiger partial charge in [0.25, 0.3) is 0 Å². The summed E-state index contributed by atoms with van der Waals surface area (Å²) in [4.78, 5) is 72.9. The standard InChI is InChI=1S/C83H140O17P2/c1-5-9-13-17-21-25-29-33-35-37-38-40-42-46-48-52-56-60-64-68-81(86)94-74-79(100-83(88)70-66-62-58-54-50-44-32-28-24-20-16-12-8-4)76-98-102(91,92)96-72-77(84)71-95-101(89,90)97-75-78(99-82(87)69-65-61-57-53-49-43-31-27-23-19-15-11-7-3)73-93-80(85)67-63-59-55-51-47-45-41-39-36-34-30-26-22-18-14-10-6-2/h9-10,13-14,21-22,25-28,31-36,38,40-41,45-46,48,77-79,84H,5-8,11-12,15-20,23-24,29-30,37,39,42-44,47,49-76H2,1-4H3,(H,89,90)(H,91,92)/b13-9-,14-10-,25-21-,26-22-,31-27-,32-28-,35-33-,36-34-,40-38-,45-41-,48-46-. The molecule has 0 aliphatic heterocycles. The third-order valence-electron chi connectivity index (χ3n) is 16.1. The minimum absolute atomic E-state index is 0.0740. The van der Waals surface area contributed by atoms with Crippen LogP contribution in [0.3, 0.4) is 0 Å². The molecule has 5 unspecified atom stereocenters. The third kappa shape index (κ3) is 73.5. The highest BCUT2D eigenvalue weighted by Crippen LogP contribution is 2.45. The number of carbonyl (C=O) groups excluding carboxylic acids is 4. The van der Waals surface area contributed by atoms with Crippen LogP contribution in [0.25, 0.3) is 0 Å². The lowest BCUT2D eigenvalue weighted by molar-refractivity contribution is -0.161. The Balaban J connectivity index is 5.39. The van der Waals surface area contributed by atoms with Gasteiger partial charge in [-0.15, -0.1) is 0 Å². The van der Waals surface area contributed by atoms with Gasteiger partial charge in [0, 0.05) is 25.7 Å². The van der Waals surface area contributed by atoms with E-state index in [2.05, 4.69) is 161 Å². The maximum atomic E-state index is 13.1. The van der Waals surface area contributed by atoms with Gasteiger partial charge in [0.15, 0.2) is 12.2 Å². The molecule has 0 aliphatic rings. The third-order valence-corrected chi connectivity index (χ3v) is 18.0. The van der Waals surface area contributed by atoms with Crippen molar-refractivity contribution < 1.29 is 80.2 Å². The summed E-state index contributed by atoms with van der Waals surface area (Å²) in [6.45, 7) is 4.54. The maximum Gasteiger partial charge on any atom is 0.472 e. The van der Waals surface area contributed by atoms with Crippen LogP contribution in [0.2, 0.25) is 0 Å². The number of hydrogen-bond acceptors (Lipinski definition) is 15. The predicted octanol–water partition coefficient (Wildman–Crippen LogP) is 22.9. The molecule has 0 amide bonds. The van der Waals surface area contributed by atoms with E-state index in [0.29, 0.717) is 25.7 Å². The molecule has 0 heterocycles. The van der Waals surface area contributed by atoms with E-state index in [-0.39, 0.29) is 25.7 Å². The first-order valence-corrected chi connectivity index (χ1v) is 42.4. The Morgan fingerprint density at radius 3 is 0.804 bits per heavy atom. The zero-order valence-corrected chi connectivity index (χ0v) is 65.5. The van der Waals surface area contributed by atoms with Gasteiger partial charge in [-0.25, -0.2) is 9.13 Å². The Morgan fingerprint density at radius 1 is 0.284 bits per heavy atom. The molecule has 0 aromatic rings. The van der Waals surface area contributed by atoms with Crippen molar-refractivity contribution in [3.05, 3.63) is 134 Å². The number of esters is 4. The number of aliphatic hydroxyl groups excluding tert-OH is 1. The minimum atomic E-state index is -4.99. The van der Waals surface area contributed by atoms with Gasteiger partial charge < -0.3 is 33.8 Å². The molecular weight excluding hydrogens is 1330 g/mol. The van der Waals surface area contributed by atoms with Gasteiger partial charge in [0.05, 0.1) is 26.4 Å². The van der Waals surface area contributed by atoms with E-state index in [1.54, 1.807) is 0 Å². The Labute approximate surface area is 618 Å². The van der Waals surface area contributed by atoms with Crippen molar-refractivity contribution in [2.24, 2.45) is 0 Å². The molecule has 0 aromatic carbocycles. The summed E-state index contributed by atoms with van der Waals surface area (Å²) in [5.74, 6) is -2.26. The lowest BCUT2D eigenvalue weighted by atomic mass is 10.1. The highest BCUT2D eigenvalue weighted by molar-refractivity contribution is 7.47. The number of carbonyl (C=O) groups is 4. The number of ether oxygens (including phenoxy) is 4. The second-order valence-electron chi connectivity index (χ2n) is 25.9. The Bertz CT molecular complexity index is 2460. The van der Waals surface area contributed by atoms with Crippen LogP contribution in [-0.4, -0.2) is 96.7 Å². The first-order chi connectivity index (χ1) is 49.7. The van der Waals surface area contributed by atoms with E-state index in [1.807, 2.05) is 0 Å². The van der Waals surface area contributed by atoms with Gasteiger partial charge in [-0.1, -0.05) is 258 Å². The molecule has 5 atom stereocenters. The van der Waals surface area contributed by atoms with Crippen molar-refractivity contribution in [1.82, 2.24) is 0 Å². The molecule has 0 bridgehead atoms. The normalized spacial score (nSPS) is 14.6. The van der Waals surface area contributed by atoms with E-state index in [9.17, 15) is 43.2 Å². The van der Waals surface area contributed by atoms with Gasteiger partial charge in [0.1, 0.15) is 19.3 Å². The molecule has 19 heteroatoms. The summed E-state index contributed by atoms with van der Waals surface area (Å²) in [5, 5.41) is 10.6. The molecule has 0 rings (SSSR count). The van der Waals surface area contributed by atoms with E-state index in [4.69, 9.17) is 37.0 Å². The Morgan fingerprint density at radius 2 is 0.510 bits per heavy atom. The fourth-order valence-corrected chi connectivity index (χ4v) is 11.7. The zero-order chi connectivity index (χ0) is 74.6. The van der Waals surface area contributed by atoms with Crippen LogP contribution in [-0.2, 0) is 65.4 Å². The molecule has 102 heavy (non-hydrogen) atoms. The maximum absolute atomic E-state index is 13.1. The van der Waals surface area contributed by atoms with Crippen LogP contribution < -0.4 is 0 Å². The lowest BCUT2D eigenvalue weighted by Crippen LogP contribution is -2.30. The predicted molar refractivity (Wildman–Crippen MR) is 418 cm³/mol. The fourth-order valence-electron chi connectivity index (χ4n) is 10.1. The van der Waals surface area contributed by atoms with Gasteiger partial charge in [-0.3, -0.25) is 37.3 Å². The van der Waals surface area contributed by atoms with Gasteiger partial charge >= 0.3 is 39.5 Å². The van der Waals surface area contributed by atoms with E-state index >= 15 is 0 Å². The molecule has 0 saturated heterocycles. The molecule has 17 nitrogen and oxygen atoms in total. The first kappa shape index (κ1) is 97.2. The average Bonchev–Trinajstić information content (AvgIpc) is 0.909. The Kier molecular flexibility index (Phi) is 71.0. The molecule has 584 valence electrons. The van der Waals surface area contributed by atoms with Crippen molar-refractivity contribution in [3.8, 4) is 0 Å². The molecule has 0 spiro atoms. The van der Waals surface area contributed by atoms with Crippen LogP contribution >= 0.6 is 15.6 Å². The van der Waals surface area contributed by atoms with Crippen molar-refractivity contribution in [1.29, 1.82) is 0 Å². The number of unbranched alkanes of at least 4 members (excludes halogenated alkanes) is 25. The molecular formula is C83H140O17P2. The Hall–Kier alpha value is -4.80. The minimum Gasteiger partial charge on any atom is -0.462 e. The van der Waals surface area contributed by atoms with Crippen LogP contribution in [0.15, 0.2) is 134 Å². The second kappa shape index (κ2) is 74.5. The van der Waals surface area contributed by atoms with Crippen molar-refractivity contribution in [2.45, 2.75) is 329 Å². The smallest absolute Gasteiger partial charge is 0.462 e. The largest absolute Gasteiger partial charge is 0.472 e. The highest BCUT2D eigenvalue weighted by Gasteiger charge is 2.30. The average molecular weight is 1470 g/mol. The van der Waals surface area contributed by atoms with Crippen molar-refractivity contribution in [2.75, 3.05) is 39.6 Å². The molecule has 0 fully saturated rings. The summed E-state index contributed by atoms with van der Waals surface area (Å²) >= 11 is 0. The summed E-state index contributed by atoms with van der Waals surface area (Å²) in [6, 6.07) is 0. The number of phosphoric ester groups is 2. The summed E-state index contributed by atoms with van der Waals surface area (Å²) in [6.07, 6.45) is 82.9. The van der Waals surface area contributed by atoms with E-state index < -0.39 is 97.5 Å². The van der Waals surface area contributed by atoms with Crippen molar-refractivity contribution >= 4 is 39.5 Å². The SMILES string of the molecule is CC/C=C\C/C=C\C/C=C\C/C=C\C/C=C\CCCCCC(=O)OCC(COP(=O)(O)OCC(O)COP(=O)(O)OCC(COC(=O)CCCCCC/C=C\C/C=C\C/C=C\C/C=C\CC)OC(=O)CCCCCCC/C=C\CCCCCC)OC(=O)CCCCCCC/C=C\CCCCCC. The molecule has 0 saturated carbocycles. The van der Waals surface area contributed by atoms with Gasteiger partial charge in [-0.05, 0) is 161 Å². The highest BCUT2D eigenvalue weighted by atomic mass is 31.2. The monoisotopic (exact) mass is 1470 g/mol. The number of rotatable bonds is 73. The topological polar surface area (TPSA) is 237 Å². The second-order valence-corrected chi connectivity index (χ2v) is 28.8. The van der Waals surface area contributed by atoms with Crippen LogP contribution in [0.1, 0.15) is 310 Å². The summed E-state index contributed by atoms with van der Waals surface area (Å²) < 4.78 is 68.5. The van der Waals surface area contributed by atoms with E-state index in [1.165, 1.54) is 51.4 Å². The summed E-state index contributed by atoms with van der Waals surface area (Å²) in [7, 11) is -9.98. The molecule has 3 N–H and O–H groups in total. The van der Waals surface area contributed by atoms with Crippen LogP contribution in [0.5, 0.6) is 0 Å². The van der Waals surface area contributed by atoms with Gasteiger partial charge in [0.2, 0.25) is 0 Å². The number of aliphatic hydroxyl groups is 1. The van der Waals surface area contributed by atoms with Gasteiger partial charge in [-0.2, -0.15) is 0 Å². The fraction of sp³-hybridized carbons (Fsp3) is 0.687. The molecule has 0 aromatic heterocycles. The van der Waals surface area contributed by atoms with Crippen LogP contribution in [0.4, 0.5) is 0 Å². The molecule has 0 radical (unpaired) electrons. The summed E-state index contributed by atoms with van der Waals surface area (Å²) in [5.41, 5.74) is 0. The molecule has 0 aliphatic carbocycles. The van der Waals surface area contributed by atoms with Crippen molar-refractivity contribution in [3.63, 3.8) is 0 Å². The number of phosphoric acid groups is 2. The van der Waals surface area contributed by atoms with E-state index in [0.717, 1.165) is 180 Å². The first-order valence-electron chi connectivity index (χ1n) is 39.4. The number of allylic oxidation sites excluding steroid dienone is 22. The van der Waals surface area contributed by atoms with Crippen LogP contribution in [0, 0.1) is 0 Å².